The van der Waals surface area contributed by atoms with Crippen molar-refractivity contribution in [3.63, 3.8) is 0 Å². The summed E-state index contributed by atoms with van der Waals surface area (Å²) in [4.78, 5) is 3.47. The van der Waals surface area contributed by atoms with Crippen molar-refractivity contribution in [1.82, 2.24) is 4.98 Å². The number of hydrogen-bond donors (Lipinski definition) is 3. The fourth-order valence-corrected chi connectivity index (χ4v) is 2.64. The fourth-order valence-electron chi connectivity index (χ4n) is 2.64. The van der Waals surface area contributed by atoms with Gasteiger partial charge in [-0.3, -0.25) is 0 Å². The molecular formula is C17H17F4N3O. The first-order valence-electron chi connectivity index (χ1n) is 7.81. The monoisotopic (exact) mass is 355 g/mol. The fraction of sp³-hybridized carbons (Fsp3) is 0.353. The molecular weight excluding hydrogens is 338 g/mol. The van der Waals surface area contributed by atoms with Crippen molar-refractivity contribution in [2.24, 2.45) is 5.92 Å². The van der Waals surface area contributed by atoms with E-state index < -0.39 is 30.0 Å². The molecule has 1 aromatic heterocycles. The zero-order valence-electron chi connectivity index (χ0n) is 13.2. The summed E-state index contributed by atoms with van der Waals surface area (Å²) >= 11 is 0. The molecule has 1 heterocycles. The Morgan fingerprint density at radius 1 is 1.16 bits per heavy atom. The first-order valence-corrected chi connectivity index (χ1v) is 7.81. The zero-order chi connectivity index (χ0) is 18.2. The Morgan fingerprint density at radius 3 is 2.40 bits per heavy atom. The van der Waals surface area contributed by atoms with Gasteiger partial charge in [-0.05, 0) is 37.0 Å². The van der Waals surface area contributed by atoms with Crippen LogP contribution in [0.5, 0.6) is 0 Å². The lowest BCUT2D eigenvalue weighted by Crippen LogP contribution is -2.15. The Kier molecular flexibility index (Phi) is 4.55. The number of nitrogens with two attached hydrogens (primary N) is 1. The maximum Gasteiger partial charge on any atom is 0.419 e. The number of nitrogens with zero attached hydrogens (tertiary/aromatic N) is 1. The maximum atomic E-state index is 14.1. The quantitative estimate of drug-likeness (QED) is 0.433. The van der Waals surface area contributed by atoms with E-state index in [1.54, 1.807) is 0 Å². The van der Waals surface area contributed by atoms with Gasteiger partial charge >= 0.3 is 6.18 Å². The van der Waals surface area contributed by atoms with Crippen LogP contribution in [0.15, 0.2) is 24.3 Å². The predicted molar refractivity (Wildman–Crippen MR) is 86.2 cm³/mol. The van der Waals surface area contributed by atoms with Crippen LogP contribution < -0.4 is 11.1 Å². The van der Waals surface area contributed by atoms with Crippen molar-refractivity contribution in [3.05, 3.63) is 41.5 Å². The third kappa shape index (κ3) is 3.68. The van der Waals surface area contributed by atoms with Crippen LogP contribution in [-0.4, -0.2) is 16.6 Å². The van der Waals surface area contributed by atoms with Crippen LogP contribution in [0, 0.1) is 11.9 Å². The summed E-state index contributed by atoms with van der Waals surface area (Å²) in [5, 5.41) is 11.9. The third-order valence-corrected chi connectivity index (χ3v) is 4.17. The number of anilines is 2. The van der Waals surface area contributed by atoms with Crippen LogP contribution in [0.4, 0.5) is 28.9 Å². The second-order valence-corrected chi connectivity index (χ2v) is 6.07. The number of benzene rings is 1. The van der Waals surface area contributed by atoms with Gasteiger partial charge in [0, 0.05) is 17.7 Å². The highest BCUT2D eigenvalue weighted by molar-refractivity contribution is 5.82. The molecule has 1 fully saturated rings. The van der Waals surface area contributed by atoms with Crippen molar-refractivity contribution >= 4 is 11.4 Å². The highest BCUT2D eigenvalue weighted by Crippen LogP contribution is 2.44. The second kappa shape index (κ2) is 6.51. The maximum absolute atomic E-state index is 14.1. The first-order chi connectivity index (χ1) is 11.8. The average molecular weight is 355 g/mol. The summed E-state index contributed by atoms with van der Waals surface area (Å²) in [5.74, 6) is -0.628. The normalized spacial score (nSPS) is 14.6. The SMILES string of the molecule is Nc1c(NCC2CC2)ccc(-c2ccc(CO)nc2F)c1C(F)(F)F. The predicted octanol–water partition coefficient (Wildman–Crippen LogP) is 3.80. The Bertz CT molecular complexity index is 788. The molecule has 4 N–H and O–H groups in total. The van der Waals surface area contributed by atoms with Crippen molar-refractivity contribution in [2.45, 2.75) is 25.6 Å². The van der Waals surface area contributed by atoms with Gasteiger partial charge in [-0.15, -0.1) is 0 Å². The number of halogens is 4. The molecule has 1 saturated carbocycles. The minimum atomic E-state index is -4.75. The number of rotatable bonds is 5. The van der Waals surface area contributed by atoms with E-state index in [9.17, 15) is 17.6 Å². The second-order valence-electron chi connectivity index (χ2n) is 6.07. The average Bonchev–Trinajstić information content (AvgIpc) is 3.36. The number of nitrogens with one attached hydrogen (secondary N) is 1. The first kappa shape index (κ1) is 17.5. The van der Waals surface area contributed by atoms with E-state index in [1.807, 2.05) is 0 Å². The Labute approximate surface area is 141 Å². The minimum Gasteiger partial charge on any atom is -0.397 e. The van der Waals surface area contributed by atoms with Gasteiger partial charge in [0.15, 0.2) is 0 Å². The van der Waals surface area contributed by atoms with Crippen LogP contribution in [0.3, 0.4) is 0 Å². The Morgan fingerprint density at radius 2 is 1.84 bits per heavy atom. The third-order valence-electron chi connectivity index (χ3n) is 4.17. The molecule has 0 atom stereocenters. The number of alkyl halides is 3. The summed E-state index contributed by atoms with van der Waals surface area (Å²) in [6.45, 7) is 0.0530. The molecule has 0 spiro atoms. The van der Waals surface area contributed by atoms with Gasteiger partial charge in [0.05, 0.1) is 29.2 Å². The van der Waals surface area contributed by atoms with Gasteiger partial charge in [0.1, 0.15) is 0 Å². The van der Waals surface area contributed by atoms with Crippen LogP contribution >= 0.6 is 0 Å². The largest absolute Gasteiger partial charge is 0.419 e. The number of aliphatic hydroxyl groups is 1. The molecule has 25 heavy (non-hydrogen) atoms. The molecule has 1 aliphatic carbocycles. The van der Waals surface area contributed by atoms with Crippen LogP contribution in [0.2, 0.25) is 0 Å². The Balaban J connectivity index is 2.07. The van der Waals surface area contributed by atoms with E-state index in [0.717, 1.165) is 18.9 Å². The molecule has 0 saturated heterocycles. The van der Waals surface area contributed by atoms with Gasteiger partial charge in [-0.25, -0.2) is 4.98 Å². The van der Waals surface area contributed by atoms with E-state index in [2.05, 4.69) is 10.3 Å². The molecule has 0 bridgehead atoms. The van der Waals surface area contributed by atoms with Crippen molar-refractivity contribution in [1.29, 1.82) is 0 Å². The molecule has 1 aromatic carbocycles. The van der Waals surface area contributed by atoms with Gasteiger partial charge < -0.3 is 16.2 Å². The standard InChI is InChI=1S/C17H17F4N3O/c18-16-12(4-3-10(8-25)24-16)11-5-6-13(23-7-9-1-2-9)15(22)14(11)17(19,20)21/h3-6,9,23,25H,1-2,7-8,22H2. The van der Waals surface area contributed by atoms with Crippen LogP contribution in [-0.2, 0) is 12.8 Å². The van der Waals surface area contributed by atoms with Gasteiger partial charge in [0.25, 0.3) is 0 Å². The van der Waals surface area contributed by atoms with Crippen LogP contribution in [0.1, 0.15) is 24.1 Å². The molecule has 1 aliphatic rings. The molecule has 8 heteroatoms. The molecule has 0 amide bonds. The molecule has 0 unspecified atom stereocenters. The van der Waals surface area contributed by atoms with Crippen molar-refractivity contribution < 1.29 is 22.7 Å². The highest BCUT2D eigenvalue weighted by Gasteiger charge is 2.38. The van der Waals surface area contributed by atoms with Crippen molar-refractivity contribution in [2.75, 3.05) is 17.6 Å². The summed E-state index contributed by atoms with van der Waals surface area (Å²) < 4.78 is 54.9. The molecule has 2 aromatic rings. The highest BCUT2D eigenvalue weighted by atomic mass is 19.4. The van der Waals surface area contributed by atoms with Gasteiger partial charge in [-0.1, -0.05) is 6.07 Å². The topological polar surface area (TPSA) is 71.2 Å². The van der Waals surface area contributed by atoms with Crippen molar-refractivity contribution in [3.8, 4) is 11.1 Å². The van der Waals surface area contributed by atoms with Crippen LogP contribution in [0.25, 0.3) is 11.1 Å². The number of hydrogen-bond acceptors (Lipinski definition) is 4. The number of pyridine rings is 1. The number of nitrogen functional groups attached to an aromatic ring is 1. The molecule has 4 nitrogen and oxygen atoms in total. The summed E-state index contributed by atoms with van der Waals surface area (Å²) in [6.07, 6.45) is -2.66. The summed E-state index contributed by atoms with van der Waals surface area (Å²) in [7, 11) is 0. The van der Waals surface area contributed by atoms with E-state index in [1.165, 1.54) is 18.2 Å². The molecule has 3 rings (SSSR count). The van der Waals surface area contributed by atoms with E-state index in [-0.39, 0.29) is 22.5 Å². The summed E-state index contributed by atoms with van der Waals surface area (Å²) in [5.41, 5.74) is 3.72. The number of aliphatic hydroxyl groups excluding tert-OH is 1. The number of aromatic nitrogens is 1. The Hall–Kier alpha value is -2.35. The minimum absolute atomic E-state index is 0.0329. The lowest BCUT2D eigenvalue weighted by Gasteiger charge is -2.19. The van der Waals surface area contributed by atoms with Gasteiger partial charge in [0.2, 0.25) is 5.95 Å². The van der Waals surface area contributed by atoms with E-state index >= 15 is 0 Å². The lowest BCUT2D eigenvalue weighted by atomic mass is 9.97. The summed E-state index contributed by atoms with van der Waals surface area (Å²) in [6, 6.07) is 5.04. The molecule has 134 valence electrons. The van der Waals surface area contributed by atoms with E-state index in [4.69, 9.17) is 10.8 Å². The molecule has 0 radical (unpaired) electrons. The lowest BCUT2D eigenvalue weighted by molar-refractivity contribution is -0.136. The van der Waals surface area contributed by atoms with Gasteiger partial charge in [-0.2, -0.15) is 17.6 Å². The smallest absolute Gasteiger partial charge is 0.397 e. The zero-order valence-corrected chi connectivity index (χ0v) is 13.2. The molecule has 0 aliphatic heterocycles. The van der Waals surface area contributed by atoms with E-state index in [0.29, 0.717) is 12.5 Å².